The molecule has 16 heavy (non-hydrogen) atoms. The third kappa shape index (κ3) is 2.01. The van der Waals surface area contributed by atoms with E-state index in [2.05, 4.69) is 0 Å². The Morgan fingerprint density at radius 1 is 1.44 bits per heavy atom. The highest BCUT2D eigenvalue weighted by Gasteiger charge is 2.52. The van der Waals surface area contributed by atoms with Crippen molar-refractivity contribution in [1.82, 2.24) is 4.90 Å². The van der Waals surface area contributed by atoms with Crippen LogP contribution in [-0.2, 0) is 9.31 Å². The second kappa shape index (κ2) is 3.78. The highest BCUT2D eigenvalue weighted by Crippen LogP contribution is 2.39. The number of hydrogen-bond donors (Lipinski definition) is 0. The molecule has 4 heteroatoms. The van der Waals surface area contributed by atoms with Crippen LogP contribution in [0.5, 0.6) is 0 Å². The number of allylic oxidation sites excluding steroid dienone is 1. The minimum atomic E-state index is -3.30. The predicted octanol–water partition coefficient (Wildman–Crippen LogP) is 2.23. The smallest absolute Gasteiger partial charge is 0.400 e. The molecule has 0 N–H and O–H groups in total. The number of hydrogen-bond acceptors (Lipinski definition) is 3. The molecule has 2 aliphatic heterocycles. The van der Waals surface area contributed by atoms with Gasteiger partial charge in [0.2, 0.25) is 0 Å². The van der Waals surface area contributed by atoms with Gasteiger partial charge in [-0.15, -0.1) is 0 Å². The molecule has 0 spiro atoms. The molecule has 0 aromatic rings. The molecule has 0 amide bonds. The van der Waals surface area contributed by atoms with Crippen LogP contribution >= 0.6 is 0 Å². The van der Waals surface area contributed by atoms with Gasteiger partial charge >= 0.3 is 7.12 Å². The summed E-state index contributed by atoms with van der Waals surface area (Å²) < 4.78 is 90.4. The summed E-state index contributed by atoms with van der Waals surface area (Å²) in [5.41, 5.74) is -2.56. The Morgan fingerprint density at radius 2 is 2.06 bits per heavy atom. The Labute approximate surface area is 113 Å². The largest absolute Gasteiger partial charge is 0.492 e. The molecule has 2 rings (SSSR count). The molecule has 0 aromatic carbocycles. The Bertz CT molecular complexity index is 626. The van der Waals surface area contributed by atoms with Gasteiger partial charge in [0.15, 0.2) is 0 Å². The quantitative estimate of drug-likeness (QED) is 0.648. The summed E-state index contributed by atoms with van der Waals surface area (Å²) in [6, 6.07) is 0. The molecule has 0 aliphatic carbocycles. The molecule has 3 nitrogen and oxygen atoms in total. The standard InChI is InChI=1S/C12H22BNO2/c1-11(2)12(3,4)16-13(15-11)10-7-6-8-14(5)9-10/h9H,6-8H2,1-5H3/i5D3,6D2,7D2,8D2,9D. The van der Waals surface area contributed by atoms with Gasteiger partial charge in [-0.25, -0.2) is 0 Å². The van der Waals surface area contributed by atoms with Crippen molar-refractivity contribution in [2.45, 2.75) is 51.6 Å². The van der Waals surface area contributed by atoms with Gasteiger partial charge in [-0.1, -0.05) is 0 Å². The van der Waals surface area contributed by atoms with E-state index in [1.165, 1.54) is 0 Å². The summed E-state index contributed by atoms with van der Waals surface area (Å²) in [5.74, 6) is 0. The van der Waals surface area contributed by atoms with Gasteiger partial charge in [0.25, 0.3) is 0 Å². The first-order valence-electron chi connectivity index (χ1n) is 10.1. The summed E-state index contributed by atoms with van der Waals surface area (Å²) in [7, 11) is -1.53. The van der Waals surface area contributed by atoms with Gasteiger partial charge in [-0.05, 0) is 52.1 Å². The van der Waals surface area contributed by atoms with Gasteiger partial charge in [0.05, 0.1) is 12.6 Å². The highest BCUT2D eigenvalue weighted by molar-refractivity contribution is 6.54. The summed E-state index contributed by atoms with van der Waals surface area (Å²) in [6.07, 6.45) is -7.34. The lowest BCUT2D eigenvalue weighted by molar-refractivity contribution is 0.00578. The van der Waals surface area contributed by atoms with E-state index in [4.69, 9.17) is 23.0 Å². The van der Waals surface area contributed by atoms with Crippen LogP contribution in [0.2, 0.25) is 0 Å². The first kappa shape index (κ1) is 4.66. The fourth-order valence-electron chi connectivity index (χ4n) is 1.40. The van der Waals surface area contributed by atoms with Crippen LogP contribution < -0.4 is 0 Å². The van der Waals surface area contributed by atoms with E-state index >= 15 is 0 Å². The monoisotopic (exact) mass is 233 g/mol. The van der Waals surface area contributed by atoms with Crippen LogP contribution in [0.1, 0.15) is 54.1 Å². The first-order chi connectivity index (χ1) is 11.2. The summed E-state index contributed by atoms with van der Waals surface area (Å²) in [6.45, 7) is 0.178. The lowest BCUT2D eigenvalue weighted by Crippen LogP contribution is -2.41. The molecular formula is C12H22BNO2. The van der Waals surface area contributed by atoms with Gasteiger partial charge in [-0.3, -0.25) is 0 Å². The molecular weight excluding hydrogens is 201 g/mol. The third-order valence-electron chi connectivity index (χ3n) is 3.09. The molecule has 2 aliphatic rings. The Hall–Kier alpha value is -0.475. The number of rotatable bonds is 1. The van der Waals surface area contributed by atoms with Gasteiger partial charge in [0.1, 0.15) is 0 Å². The van der Waals surface area contributed by atoms with Crippen LogP contribution in [0.25, 0.3) is 0 Å². The third-order valence-corrected chi connectivity index (χ3v) is 3.09. The molecule has 90 valence electrons. The second-order valence-corrected chi connectivity index (χ2v) is 4.81. The fourth-order valence-corrected chi connectivity index (χ4v) is 1.40. The van der Waals surface area contributed by atoms with E-state index in [0.717, 1.165) is 0 Å². The Kier molecular flexibility index (Phi) is 1.10. The lowest BCUT2D eigenvalue weighted by Gasteiger charge is -2.32. The molecule has 1 fully saturated rings. The van der Waals surface area contributed by atoms with E-state index in [1.54, 1.807) is 27.7 Å². The SMILES string of the molecule is [2H]C1=C(B2OC(C)(C)C(C)(C)O2)C([2H])([2H])C([2H])([2H])C([2H])([2H])N1C([2H])([2H])[2H]. The van der Waals surface area contributed by atoms with Gasteiger partial charge in [-0.2, -0.15) is 0 Å². The average molecular weight is 233 g/mol. The summed E-state index contributed by atoms with van der Waals surface area (Å²) in [5, 5.41) is 0. The lowest BCUT2D eigenvalue weighted by atomic mass is 9.75. The van der Waals surface area contributed by atoms with Gasteiger partial charge < -0.3 is 14.2 Å². The summed E-state index contributed by atoms with van der Waals surface area (Å²) >= 11 is 0. The minimum Gasteiger partial charge on any atom is -0.400 e. The topological polar surface area (TPSA) is 21.7 Å². The van der Waals surface area contributed by atoms with Crippen molar-refractivity contribution in [3.05, 3.63) is 11.6 Å². The zero-order valence-corrected chi connectivity index (χ0v) is 9.84. The normalized spacial score (nSPS) is 48.2. The van der Waals surface area contributed by atoms with Crippen molar-refractivity contribution in [2.75, 3.05) is 13.5 Å². The van der Waals surface area contributed by atoms with E-state index in [0.29, 0.717) is 0 Å². The second-order valence-electron chi connectivity index (χ2n) is 4.81. The van der Waals surface area contributed by atoms with E-state index in [-0.39, 0.29) is 4.90 Å². The molecule has 0 aromatic heterocycles. The molecule has 0 radical (unpaired) electrons. The summed E-state index contributed by atoms with van der Waals surface area (Å²) in [4.78, 5) is -0.0261. The maximum atomic E-state index is 8.19. The maximum absolute atomic E-state index is 8.19. The average Bonchev–Trinajstić information content (AvgIpc) is 2.53. The van der Waals surface area contributed by atoms with Crippen molar-refractivity contribution in [3.8, 4) is 0 Å². The predicted molar refractivity (Wildman–Crippen MR) is 66.0 cm³/mol. The van der Waals surface area contributed by atoms with Crippen LogP contribution in [-0.4, -0.2) is 36.7 Å². The highest BCUT2D eigenvalue weighted by atomic mass is 16.7. The van der Waals surface area contributed by atoms with Crippen LogP contribution in [0.4, 0.5) is 0 Å². The van der Waals surface area contributed by atoms with Crippen molar-refractivity contribution in [3.63, 3.8) is 0 Å². The van der Waals surface area contributed by atoms with Crippen LogP contribution in [0.15, 0.2) is 11.6 Å². The van der Waals surface area contributed by atoms with E-state index < -0.39 is 56.2 Å². The Balaban J connectivity index is 2.74. The molecule has 0 bridgehead atoms. The molecule has 1 saturated heterocycles. The maximum Gasteiger partial charge on any atom is 0.492 e. The van der Waals surface area contributed by atoms with Crippen molar-refractivity contribution in [2.24, 2.45) is 0 Å². The molecule has 2 heterocycles. The number of nitrogens with zero attached hydrogens (tertiary/aromatic N) is 1. The van der Waals surface area contributed by atoms with Crippen molar-refractivity contribution in [1.29, 1.82) is 0 Å². The first-order valence-corrected chi connectivity index (χ1v) is 5.09. The minimum absolute atomic E-state index is 0.0261. The van der Waals surface area contributed by atoms with Crippen molar-refractivity contribution >= 4 is 7.12 Å². The zero-order chi connectivity index (χ0) is 20.7. The Morgan fingerprint density at radius 3 is 2.62 bits per heavy atom. The van der Waals surface area contributed by atoms with Gasteiger partial charge in [0, 0.05) is 25.8 Å². The van der Waals surface area contributed by atoms with E-state index in [1.807, 2.05) is 0 Å². The fraction of sp³-hybridized carbons (Fsp3) is 0.833. The van der Waals surface area contributed by atoms with Crippen LogP contribution in [0, 0.1) is 0 Å². The molecule has 0 saturated carbocycles. The molecule has 0 unspecified atom stereocenters. The van der Waals surface area contributed by atoms with Crippen molar-refractivity contribution < 1.29 is 23.0 Å². The van der Waals surface area contributed by atoms with E-state index in [9.17, 15) is 0 Å². The molecule has 0 atom stereocenters. The van der Waals surface area contributed by atoms with Crippen LogP contribution in [0.3, 0.4) is 0 Å². The zero-order valence-electron chi connectivity index (χ0n) is 19.8.